The van der Waals surface area contributed by atoms with E-state index < -0.39 is 0 Å². The number of nitrogens with two attached hydrogens (primary N) is 1. The molecule has 3 N–H and O–H groups in total. The summed E-state index contributed by atoms with van der Waals surface area (Å²) in [6.45, 7) is 4.45. The van der Waals surface area contributed by atoms with E-state index in [1.54, 1.807) is 6.07 Å². The van der Waals surface area contributed by atoms with Crippen LogP contribution in [0.15, 0.2) is 29.3 Å². The van der Waals surface area contributed by atoms with E-state index in [0.29, 0.717) is 24.0 Å². The van der Waals surface area contributed by atoms with E-state index in [4.69, 9.17) is 5.73 Å². The van der Waals surface area contributed by atoms with Crippen LogP contribution in [-0.2, 0) is 11.3 Å². The SMILES string of the molecule is Cc1cccc2c(=O)n(CCC(=O)N[C@@H](C)CN)cnc12. The summed E-state index contributed by atoms with van der Waals surface area (Å²) in [6, 6.07) is 5.44. The molecular formula is C15H20N4O2. The van der Waals surface area contributed by atoms with Gasteiger partial charge in [-0.3, -0.25) is 14.2 Å². The number of carbonyl (C=O) groups excluding carboxylic acids is 1. The number of carbonyl (C=O) groups is 1. The molecule has 1 heterocycles. The van der Waals surface area contributed by atoms with Crippen molar-refractivity contribution in [2.24, 2.45) is 5.73 Å². The van der Waals surface area contributed by atoms with Gasteiger partial charge in [0.05, 0.1) is 17.2 Å². The van der Waals surface area contributed by atoms with Crippen molar-refractivity contribution in [3.8, 4) is 0 Å². The maximum Gasteiger partial charge on any atom is 0.261 e. The molecular weight excluding hydrogens is 268 g/mol. The molecule has 0 spiro atoms. The Kier molecular flexibility index (Phi) is 4.70. The normalized spacial score (nSPS) is 12.3. The van der Waals surface area contributed by atoms with Crippen molar-refractivity contribution in [3.05, 3.63) is 40.4 Å². The van der Waals surface area contributed by atoms with Gasteiger partial charge in [0.1, 0.15) is 0 Å². The van der Waals surface area contributed by atoms with Crippen molar-refractivity contribution in [1.29, 1.82) is 0 Å². The minimum Gasteiger partial charge on any atom is -0.352 e. The molecule has 0 unspecified atom stereocenters. The molecule has 0 aliphatic carbocycles. The Morgan fingerprint density at radius 3 is 2.95 bits per heavy atom. The highest BCUT2D eigenvalue weighted by atomic mass is 16.2. The van der Waals surface area contributed by atoms with Gasteiger partial charge in [-0.2, -0.15) is 0 Å². The number of hydrogen-bond donors (Lipinski definition) is 2. The first-order chi connectivity index (χ1) is 10.0. The number of amides is 1. The van der Waals surface area contributed by atoms with Gasteiger partial charge >= 0.3 is 0 Å². The molecule has 1 amide bonds. The van der Waals surface area contributed by atoms with E-state index in [-0.39, 0.29) is 23.9 Å². The molecule has 112 valence electrons. The molecule has 0 bridgehead atoms. The maximum atomic E-state index is 12.3. The number of aryl methyl sites for hydroxylation is 2. The lowest BCUT2D eigenvalue weighted by atomic mass is 10.1. The highest BCUT2D eigenvalue weighted by Crippen LogP contribution is 2.11. The summed E-state index contributed by atoms with van der Waals surface area (Å²) >= 11 is 0. The zero-order valence-electron chi connectivity index (χ0n) is 12.3. The first kappa shape index (κ1) is 15.2. The van der Waals surface area contributed by atoms with Gasteiger partial charge in [-0.1, -0.05) is 12.1 Å². The number of nitrogens with one attached hydrogen (secondary N) is 1. The highest BCUT2D eigenvalue weighted by Gasteiger charge is 2.09. The van der Waals surface area contributed by atoms with E-state index in [1.807, 2.05) is 26.0 Å². The number of fused-ring (bicyclic) bond motifs is 1. The van der Waals surface area contributed by atoms with Crippen molar-refractivity contribution in [2.45, 2.75) is 32.9 Å². The fourth-order valence-corrected chi connectivity index (χ4v) is 2.12. The van der Waals surface area contributed by atoms with Gasteiger partial charge in [-0.15, -0.1) is 0 Å². The number of benzene rings is 1. The average Bonchev–Trinajstić information content (AvgIpc) is 2.47. The lowest BCUT2D eigenvalue weighted by molar-refractivity contribution is -0.121. The van der Waals surface area contributed by atoms with Crippen LogP contribution < -0.4 is 16.6 Å². The van der Waals surface area contributed by atoms with Crippen molar-refractivity contribution in [2.75, 3.05) is 6.54 Å². The summed E-state index contributed by atoms with van der Waals surface area (Å²) in [5.41, 5.74) is 7.00. The zero-order chi connectivity index (χ0) is 15.4. The molecule has 0 aliphatic rings. The Morgan fingerprint density at radius 2 is 2.24 bits per heavy atom. The van der Waals surface area contributed by atoms with Crippen LogP contribution in [0.5, 0.6) is 0 Å². The highest BCUT2D eigenvalue weighted by molar-refractivity contribution is 5.80. The predicted octanol–water partition coefficient (Wildman–Crippen LogP) is 0.558. The second kappa shape index (κ2) is 6.49. The summed E-state index contributed by atoms with van der Waals surface area (Å²) < 4.78 is 1.47. The molecule has 1 aromatic heterocycles. The number of nitrogens with zero attached hydrogens (tertiary/aromatic N) is 2. The van der Waals surface area contributed by atoms with Crippen LogP contribution in [0.2, 0.25) is 0 Å². The fraction of sp³-hybridized carbons (Fsp3) is 0.400. The summed E-state index contributed by atoms with van der Waals surface area (Å²) in [4.78, 5) is 28.4. The van der Waals surface area contributed by atoms with E-state index in [0.717, 1.165) is 5.56 Å². The predicted molar refractivity (Wildman–Crippen MR) is 82.0 cm³/mol. The lowest BCUT2D eigenvalue weighted by Crippen LogP contribution is -2.38. The molecule has 0 saturated heterocycles. The van der Waals surface area contributed by atoms with Gasteiger partial charge in [-0.05, 0) is 25.5 Å². The van der Waals surface area contributed by atoms with E-state index in [2.05, 4.69) is 10.3 Å². The van der Waals surface area contributed by atoms with E-state index in [9.17, 15) is 9.59 Å². The van der Waals surface area contributed by atoms with Crippen LogP contribution in [-0.4, -0.2) is 28.0 Å². The van der Waals surface area contributed by atoms with Crippen LogP contribution >= 0.6 is 0 Å². The Morgan fingerprint density at radius 1 is 1.48 bits per heavy atom. The smallest absolute Gasteiger partial charge is 0.261 e. The van der Waals surface area contributed by atoms with Crippen LogP contribution in [0.25, 0.3) is 10.9 Å². The third-order valence-corrected chi connectivity index (χ3v) is 3.40. The van der Waals surface area contributed by atoms with Crippen molar-refractivity contribution in [3.63, 3.8) is 0 Å². The largest absolute Gasteiger partial charge is 0.352 e. The quantitative estimate of drug-likeness (QED) is 0.841. The van der Waals surface area contributed by atoms with Crippen LogP contribution in [0.4, 0.5) is 0 Å². The summed E-state index contributed by atoms with van der Waals surface area (Å²) in [5, 5.41) is 3.34. The molecule has 21 heavy (non-hydrogen) atoms. The molecule has 2 aromatic rings. The second-order valence-electron chi connectivity index (χ2n) is 5.17. The second-order valence-corrected chi connectivity index (χ2v) is 5.17. The molecule has 1 atom stereocenters. The third kappa shape index (κ3) is 3.46. The van der Waals surface area contributed by atoms with Crippen molar-refractivity contribution in [1.82, 2.24) is 14.9 Å². The summed E-state index contributed by atoms with van der Waals surface area (Å²) in [7, 11) is 0. The first-order valence-electron chi connectivity index (χ1n) is 6.97. The average molecular weight is 288 g/mol. The van der Waals surface area contributed by atoms with Gasteiger partial charge in [0.15, 0.2) is 0 Å². The van der Waals surface area contributed by atoms with Crippen molar-refractivity contribution >= 4 is 16.8 Å². The number of aromatic nitrogens is 2. The molecule has 6 nitrogen and oxygen atoms in total. The third-order valence-electron chi connectivity index (χ3n) is 3.40. The van der Waals surface area contributed by atoms with Crippen LogP contribution in [0.3, 0.4) is 0 Å². The molecule has 1 aromatic carbocycles. The maximum absolute atomic E-state index is 12.3. The lowest BCUT2D eigenvalue weighted by Gasteiger charge is -2.12. The number of hydrogen-bond acceptors (Lipinski definition) is 4. The molecule has 0 fully saturated rings. The van der Waals surface area contributed by atoms with Gasteiger partial charge < -0.3 is 11.1 Å². The van der Waals surface area contributed by atoms with Crippen LogP contribution in [0, 0.1) is 6.92 Å². The molecule has 2 rings (SSSR count). The zero-order valence-corrected chi connectivity index (χ0v) is 12.3. The van der Waals surface area contributed by atoms with Crippen molar-refractivity contribution < 1.29 is 4.79 Å². The summed E-state index contributed by atoms with van der Waals surface area (Å²) in [5.74, 6) is -0.121. The standard InChI is InChI=1S/C15H20N4O2/c1-10-4-3-5-12-14(10)17-9-19(15(12)21)7-6-13(20)18-11(2)8-16/h3-5,9,11H,6-8,16H2,1-2H3,(H,18,20)/t11-/m0/s1. The minimum atomic E-state index is -0.122. The monoisotopic (exact) mass is 288 g/mol. The Labute approximate surface area is 123 Å². The number of rotatable bonds is 5. The van der Waals surface area contributed by atoms with Gasteiger partial charge in [0.25, 0.3) is 5.56 Å². The van der Waals surface area contributed by atoms with Gasteiger partial charge in [0.2, 0.25) is 5.91 Å². The topological polar surface area (TPSA) is 90.0 Å². The van der Waals surface area contributed by atoms with E-state index in [1.165, 1.54) is 10.9 Å². The first-order valence-corrected chi connectivity index (χ1v) is 6.97. The molecule has 6 heteroatoms. The van der Waals surface area contributed by atoms with E-state index >= 15 is 0 Å². The Bertz CT molecular complexity index is 708. The summed E-state index contributed by atoms with van der Waals surface area (Å²) in [6.07, 6.45) is 1.72. The Balaban J connectivity index is 2.15. The molecule has 0 aliphatic heterocycles. The Hall–Kier alpha value is -2.21. The molecule has 0 saturated carbocycles. The molecule has 0 radical (unpaired) electrons. The van der Waals surface area contributed by atoms with Gasteiger partial charge in [-0.25, -0.2) is 4.98 Å². The minimum absolute atomic E-state index is 0.0633. The fourth-order valence-electron chi connectivity index (χ4n) is 2.12. The van der Waals surface area contributed by atoms with Crippen LogP contribution in [0.1, 0.15) is 18.9 Å². The van der Waals surface area contributed by atoms with Gasteiger partial charge in [0, 0.05) is 25.6 Å². The number of para-hydroxylation sites is 1.